The molecule has 0 radical (unpaired) electrons. The average molecular weight is 397 g/mol. The van der Waals surface area contributed by atoms with Crippen LogP contribution in [0.1, 0.15) is 29.8 Å². The maximum absolute atomic E-state index is 12.6. The number of aryl methyl sites for hydroxylation is 1. The van der Waals surface area contributed by atoms with Crippen molar-refractivity contribution in [3.05, 3.63) is 52.5 Å². The first-order chi connectivity index (χ1) is 12.3. The van der Waals surface area contributed by atoms with Gasteiger partial charge in [0.15, 0.2) is 0 Å². The molecule has 2 N–H and O–H groups in total. The summed E-state index contributed by atoms with van der Waals surface area (Å²) in [5, 5.41) is 3.33. The predicted molar refractivity (Wildman–Crippen MR) is 103 cm³/mol. The second-order valence-electron chi connectivity index (χ2n) is 5.51. The van der Waals surface area contributed by atoms with E-state index in [1.54, 1.807) is 32.0 Å². The van der Waals surface area contributed by atoms with Crippen molar-refractivity contribution >= 4 is 33.2 Å². The molecule has 0 saturated carbocycles. The Balaban J connectivity index is 2.38. The van der Waals surface area contributed by atoms with E-state index < -0.39 is 15.9 Å². The highest BCUT2D eigenvalue weighted by molar-refractivity contribution is 7.89. The van der Waals surface area contributed by atoms with E-state index in [9.17, 15) is 13.2 Å². The molecule has 6 nitrogen and oxygen atoms in total. The molecule has 0 aliphatic carbocycles. The molecule has 0 spiro atoms. The Hall–Kier alpha value is -2.09. The number of carbonyl (C=O) groups excluding carboxylic acids is 1. The first-order valence-electron chi connectivity index (χ1n) is 8.12. The molecule has 0 atom stereocenters. The number of anilines is 1. The van der Waals surface area contributed by atoms with Gasteiger partial charge in [0.1, 0.15) is 10.6 Å². The molecule has 0 aliphatic rings. The Morgan fingerprint density at radius 1 is 1.15 bits per heavy atom. The van der Waals surface area contributed by atoms with Gasteiger partial charge in [0.05, 0.1) is 6.61 Å². The van der Waals surface area contributed by atoms with Gasteiger partial charge in [-0.1, -0.05) is 18.5 Å². The summed E-state index contributed by atoms with van der Waals surface area (Å²) in [5.74, 6) is -0.223. The highest BCUT2D eigenvalue weighted by Gasteiger charge is 2.21. The van der Waals surface area contributed by atoms with Crippen LogP contribution in [0.15, 0.2) is 41.3 Å². The Morgan fingerprint density at radius 2 is 1.88 bits per heavy atom. The predicted octanol–water partition coefficient (Wildman–Crippen LogP) is 3.60. The molecule has 140 valence electrons. The minimum atomic E-state index is -3.78. The van der Waals surface area contributed by atoms with Crippen LogP contribution in [0.5, 0.6) is 5.75 Å². The smallest absolute Gasteiger partial charge is 0.255 e. The number of amides is 1. The van der Waals surface area contributed by atoms with Gasteiger partial charge in [0.2, 0.25) is 10.0 Å². The number of carbonyl (C=O) groups is 1. The first kappa shape index (κ1) is 20.2. The molecule has 2 aromatic carbocycles. The third-order valence-electron chi connectivity index (χ3n) is 3.57. The van der Waals surface area contributed by atoms with Crippen molar-refractivity contribution in [2.75, 3.05) is 18.5 Å². The number of hydrogen-bond donors (Lipinski definition) is 2. The monoisotopic (exact) mass is 396 g/mol. The molecular formula is C18H21ClN2O4S. The van der Waals surface area contributed by atoms with E-state index in [0.717, 1.165) is 5.56 Å². The lowest BCUT2D eigenvalue weighted by Crippen LogP contribution is -2.24. The summed E-state index contributed by atoms with van der Waals surface area (Å²) >= 11 is 5.92. The number of benzene rings is 2. The number of nitrogens with one attached hydrogen (secondary N) is 2. The normalized spacial score (nSPS) is 11.2. The number of rotatable bonds is 7. The topological polar surface area (TPSA) is 84.5 Å². The van der Waals surface area contributed by atoms with Crippen LogP contribution in [0.4, 0.5) is 5.69 Å². The van der Waals surface area contributed by atoms with Gasteiger partial charge in [-0.2, -0.15) is 0 Å². The lowest BCUT2D eigenvalue weighted by molar-refractivity contribution is 0.102. The standard InChI is InChI=1S/C18H21ClN2O4S/c1-4-20-26(23,24)17-11-13(6-9-16(17)25-5-2)18(22)21-15-8-7-14(19)10-12(15)3/h6-11,20H,4-5H2,1-3H3,(H,21,22). The van der Waals surface area contributed by atoms with Gasteiger partial charge in [-0.05, 0) is 55.8 Å². The molecule has 2 rings (SSSR count). The third kappa shape index (κ3) is 4.75. The lowest BCUT2D eigenvalue weighted by Gasteiger charge is -2.13. The molecule has 0 aliphatic heterocycles. The quantitative estimate of drug-likeness (QED) is 0.748. The van der Waals surface area contributed by atoms with E-state index in [1.165, 1.54) is 18.2 Å². The number of ether oxygens (including phenoxy) is 1. The first-order valence-corrected chi connectivity index (χ1v) is 9.98. The van der Waals surface area contributed by atoms with Gasteiger partial charge >= 0.3 is 0 Å². The third-order valence-corrected chi connectivity index (χ3v) is 5.37. The summed E-state index contributed by atoms with van der Waals surface area (Å²) in [5.41, 5.74) is 1.61. The fraction of sp³-hybridized carbons (Fsp3) is 0.278. The van der Waals surface area contributed by atoms with Gasteiger partial charge in [-0.15, -0.1) is 0 Å². The zero-order valence-corrected chi connectivity index (χ0v) is 16.4. The molecule has 0 heterocycles. The van der Waals surface area contributed by atoms with Crippen molar-refractivity contribution in [1.29, 1.82) is 0 Å². The molecule has 0 bridgehead atoms. The van der Waals surface area contributed by atoms with Crippen LogP contribution in [-0.4, -0.2) is 27.5 Å². The van der Waals surface area contributed by atoms with Crippen LogP contribution in [0, 0.1) is 6.92 Å². The Kier molecular flexibility index (Phi) is 6.63. The highest BCUT2D eigenvalue weighted by Crippen LogP contribution is 2.26. The van der Waals surface area contributed by atoms with Crippen LogP contribution in [0.25, 0.3) is 0 Å². The van der Waals surface area contributed by atoms with Crippen molar-refractivity contribution in [3.8, 4) is 5.75 Å². The summed E-state index contributed by atoms with van der Waals surface area (Å²) in [6.07, 6.45) is 0. The molecule has 0 aromatic heterocycles. The fourth-order valence-corrected chi connectivity index (χ4v) is 3.80. The number of sulfonamides is 1. The van der Waals surface area contributed by atoms with E-state index in [-0.39, 0.29) is 22.8 Å². The van der Waals surface area contributed by atoms with Gasteiger partial charge in [-0.25, -0.2) is 13.1 Å². The number of hydrogen-bond acceptors (Lipinski definition) is 4. The summed E-state index contributed by atoms with van der Waals surface area (Å²) in [6.45, 7) is 5.80. The lowest BCUT2D eigenvalue weighted by atomic mass is 10.1. The second kappa shape index (κ2) is 8.53. The molecule has 2 aromatic rings. The fourth-order valence-electron chi connectivity index (χ4n) is 2.36. The SMILES string of the molecule is CCNS(=O)(=O)c1cc(C(=O)Nc2ccc(Cl)cc2C)ccc1OCC. The van der Waals surface area contributed by atoms with Gasteiger partial charge in [0.25, 0.3) is 5.91 Å². The summed E-state index contributed by atoms with van der Waals surface area (Å²) in [7, 11) is -3.78. The minimum Gasteiger partial charge on any atom is -0.492 e. The van der Waals surface area contributed by atoms with Crippen molar-refractivity contribution in [3.63, 3.8) is 0 Å². The van der Waals surface area contributed by atoms with E-state index >= 15 is 0 Å². The molecule has 8 heteroatoms. The largest absolute Gasteiger partial charge is 0.492 e. The van der Waals surface area contributed by atoms with Crippen LogP contribution in [0.3, 0.4) is 0 Å². The van der Waals surface area contributed by atoms with Gasteiger partial charge < -0.3 is 10.1 Å². The van der Waals surface area contributed by atoms with Gasteiger partial charge in [-0.3, -0.25) is 4.79 Å². The molecule has 0 fully saturated rings. The highest BCUT2D eigenvalue weighted by atomic mass is 35.5. The molecular weight excluding hydrogens is 376 g/mol. The van der Waals surface area contributed by atoms with E-state index in [1.807, 2.05) is 6.92 Å². The molecule has 0 unspecified atom stereocenters. The zero-order valence-electron chi connectivity index (χ0n) is 14.8. The maximum Gasteiger partial charge on any atom is 0.255 e. The van der Waals surface area contributed by atoms with E-state index in [4.69, 9.17) is 16.3 Å². The number of halogens is 1. The van der Waals surface area contributed by atoms with Crippen LogP contribution in [-0.2, 0) is 10.0 Å². The van der Waals surface area contributed by atoms with Crippen molar-refractivity contribution < 1.29 is 17.9 Å². The molecule has 26 heavy (non-hydrogen) atoms. The Bertz CT molecular complexity index is 913. The Labute approximate surface area is 158 Å². The second-order valence-corrected chi connectivity index (χ2v) is 7.68. The maximum atomic E-state index is 12.6. The summed E-state index contributed by atoms with van der Waals surface area (Å²) in [6, 6.07) is 9.41. The van der Waals surface area contributed by atoms with Crippen molar-refractivity contribution in [2.24, 2.45) is 0 Å². The summed E-state index contributed by atoms with van der Waals surface area (Å²) in [4.78, 5) is 12.5. The van der Waals surface area contributed by atoms with Crippen LogP contribution in [0.2, 0.25) is 5.02 Å². The average Bonchev–Trinajstić information content (AvgIpc) is 2.57. The van der Waals surface area contributed by atoms with Crippen molar-refractivity contribution in [1.82, 2.24) is 4.72 Å². The summed E-state index contributed by atoms with van der Waals surface area (Å²) < 4.78 is 32.6. The van der Waals surface area contributed by atoms with E-state index in [2.05, 4.69) is 10.0 Å². The zero-order chi connectivity index (χ0) is 19.3. The molecule has 1 amide bonds. The van der Waals surface area contributed by atoms with Gasteiger partial charge in [0, 0.05) is 22.8 Å². The Morgan fingerprint density at radius 3 is 2.50 bits per heavy atom. The van der Waals surface area contributed by atoms with Crippen LogP contribution >= 0.6 is 11.6 Å². The van der Waals surface area contributed by atoms with Crippen LogP contribution < -0.4 is 14.8 Å². The van der Waals surface area contributed by atoms with E-state index in [0.29, 0.717) is 17.3 Å². The van der Waals surface area contributed by atoms with Crippen molar-refractivity contribution in [2.45, 2.75) is 25.7 Å². The minimum absolute atomic E-state index is 0.0679. The molecule has 0 saturated heterocycles.